The fourth-order valence-electron chi connectivity index (χ4n) is 0.704. The van der Waals surface area contributed by atoms with Crippen molar-refractivity contribution in [1.82, 2.24) is 13.4 Å². The van der Waals surface area contributed by atoms with Crippen molar-refractivity contribution in [3.63, 3.8) is 0 Å². The predicted octanol–water partition coefficient (Wildman–Crippen LogP) is -0.417. The van der Waals surface area contributed by atoms with E-state index in [4.69, 9.17) is 0 Å². The zero-order valence-corrected chi connectivity index (χ0v) is 7.41. The van der Waals surface area contributed by atoms with Crippen molar-refractivity contribution in [3.8, 4) is 0 Å². The molecule has 0 aliphatic carbocycles. The minimum atomic E-state index is -0.458. The van der Waals surface area contributed by atoms with Crippen LogP contribution in [0.4, 0.5) is 0 Å². The second-order valence-corrected chi connectivity index (χ2v) is 2.54. The highest BCUT2D eigenvalue weighted by Gasteiger charge is 2.00. The molecule has 0 N–H and O–H groups in total. The minimum Gasteiger partial charge on any atom is -0.267 e. The van der Waals surface area contributed by atoms with E-state index in [2.05, 4.69) is 21.2 Å². The Morgan fingerprint density at radius 3 is 2.73 bits per heavy atom. The van der Waals surface area contributed by atoms with Gasteiger partial charge in [-0.2, -0.15) is 5.10 Å². The largest absolute Gasteiger partial charge is 0.358 e. The van der Waals surface area contributed by atoms with Crippen LogP contribution in [-0.4, -0.2) is 13.4 Å². The summed E-state index contributed by atoms with van der Waals surface area (Å²) in [6.45, 7) is 2.07. The first-order chi connectivity index (χ1) is 5.16. The standard InChI is InChI=1S/C5H6BrN3O2/c1-2-8-4(10)3-7-9(6)5(8)11/h3H,2H2,1H3. The van der Waals surface area contributed by atoms with Crippen LogP contribution >= 0.6 is 16.1 Å². The molecule has 0 saturated carbocycles. The molecule has 0 spiro atoms. The Hall–Kier alpha value is -0.910. The molecule has 0 aliphatic heterocycles. The molecule has 0 aliphatic rings. The van der Waals surface area contributed by atoms with E-state index in [9.17, 15) is 9.59 Å². The Morgan fingerprint density at radius 2 is 2.27 bits per heavy atom. The average Bonchev–Trinajstić information content (AvgIpc) is 1.99. The summed E-state index contributed by atoms with van der Waals surface area (Å²) in [6.07, 6.45) is 1.08. The summed E-state index contributed by atoms with van der Waals surface area (Å²) in [5.41, 5.74) is -0.840. The predicted molar refractivity (Wildman–Crippen MR) is 42.8 cm³/mol. The van der Waals surface area contributed by atoms with E-state index >= 15 is 0 Å². The normalized spacial score (nSPS) is 10.0. The van der Waals surface area contributed by atoms with Crippen LogP contribution < -0.4 is 11.2 Å². The van der Waals surface area contributed by atoms with Crippen LogP contribution in [0, 0.1) is 0 Å². The third kappa shape index (κ3) is 1.40. The van der Waals surface area contributed by atoms with Crippen molar-refractivity contribution >= 4 is 16.1 Å². The van der Waals surface area contributed by atoms with Crippen LogP contribution in [0.25, 0.3) is 0 Å². The smallest absolute Gasteiger partial charge is 0.267 e. The van der Waals surface area contributed by atoms with Gasteiger partial charge in [-0.25, -0.2) is 4.79 Å². The Balaban J connectivity index is 3.55. The maximum absolute atomic E-state index is 11.0. The van der Waals surface area contributed by atoms with Crippen molar-refractivity contribution < 1.29 is 0 Å². The molecule has 5 nitrogen and oxygen atoms in total. The molecule has 0 amide bonds. The summed E-state index contributed by atoms with van der Waals surface area (Å²) in [4.78, 5) is 21.9. The molecule has 0 radical (unpaired) electrons. The fourth-order valence-corrected chi connectivity index (χ4v) is 0.987. The van der Waals surface area contributed by atoms with Crippen molar-refractivity contribution in [2.24, 2.45) is 0 Å². The van der Waals surface area contributed by atoms with E-state index in [1.807, 2.05) is 0 Å². The van der Waals surface area contributed by atoms with Crippen LogP contribution in [-0.2, 0) is 6.54 Å². The van der Waals surface area contributed by atoms with E-state index in [0.29, 0.717) is 6.54 Å². The molecule has 6 heteroatoms. The summed E-state index contributed by atoms with van der Waals surface area (Å²) in [5, 5.41) is 3.47. The lowest BCUT2D eigenvalue weighted by molar-refractivity contribution is 0.634. The molecule has 0 bridgehead atoms. The third-order valence-electron chi connectivity index (χ3n) is 1.24. The maximum atomic E-state index is 11.0. The van der Waals surface area contributed by atoms with E-state index in [0.717, 1.165) is 14.5 Å². The van der Waals surface area contributed by atoms with Crippen LogP contribution in [0.15, 0.2) is 15.8 Å². The number of nitrogens with zero attached hydrogens (tertiary/aromatic N) is 3. The van der Waals surface area contributed by atoms with Crippen molar-refractivity contribution in [1.29, 1.82) is 0 Å². The van der Waals surface area contributed by atoms with Gasteiger partial charge in [-0.05, 0) is 6.92 Å². The Morgan fingerprint density at radius 1 is 1.64 bits per heavy atom. The van der Waals surface area contributed by atoms with E-state index in [-0.39, 0.29) is 5.56 Å². The van der Waals surface area contributed by atoms with Gasteiger partial charge in [0, 0.05) is 6.54 Å². The van der Waals surface area contributed by atoms with Gasteiger partial charge in [0.2, 0.25) is 0 Å². The number of hydrogen-bond donors (Lipinski definition) is 0. The zero-order chi connectivity index (χ0) is 8.43. The molecule has 0 atom stereocenters. The van der Waals surface area contributed by atoms with Gasteiger partial charge in [0.05, 0.1) is 16.1 Å². The molecule has 1 heterocycles. The molecule has 11 heavy (non-hydrogen) atoms. The van der Waals surface area contributed by atoms with Crippen LogP contribution in [0.2, 0.25) is 0 Å². The van der Waals surface area contributed by atoms with Gasteiger partial charge in [-0.15, -0.1) is 3.71 Å². The van der Waals surface area contributed by atoms with Gasteiger partial charge in [-0.1, -0.05) is 0 Å². The van der Waals surface area contributed by atoms with E-state index in [1.54, 1.807) is 6.92 Å². The third-order valence-corrected chi connectivity index (χ3v) is 1.73. The monoisotopic (exact) mass is 219 g/mol. The molecule has 60 valence electrons. The van der Waals surface area contributed by atoms with Gasteiger partial charge in [0.15, 0.2) is 0 Å². The molecular formula is C5H6BrN3O2. The molecule has 0 unspecified atom stereocenters. The number of aromatic nitrogens is 3. The lowest BCUT2D eigenvalue weighted by Gasteiger charge is -1.98. The highest BCUT2D eigenvalue weighted by molar-refractivity contribution is 9.08. The highest BCUT2D eigenvalue weighted by atomic mass is 79.9. The van der Waals surface area contributed by atoms with Crippen molar-refractivity contribution in [2.75, 3.05) is 0 Å². The second kappa shape index (κ2) is 3.00. The van der Waals surface area contributed by atoms with Gasteiger partial charge in [-0.3, -0.25) is 9.36 Å². The first-order valence-corrected chi connectivity index (χ1v) is 3.73. The number of rotatable bonds is 1. The zero-order valence-electron chi connectivity index (χ0n) is 5.82. The molecule has 1 aromatic heterocycles. The summed E-state index contributed by atoms with van der Waals surface area (Å²) in [5.74, 6) is 0. The SMILES string of the molecule is CCn1c(=O)cnn(Br)c1=O. The highest BCUT2D eigenvalue weighted by Crippen LogP contribution is 1.77. The molecule has 0 saturated heterocycles. The Kier molecular flexibility index (Phi) is 2.23. The number of hydrogen-bond acceptors (Lipinski definition) is 3. The molecule has 0 aromatic carbocycles. The minimum absolute atomic E-state index is 0.353. The van der Waals surface area contributed by atoms with Gasteiger partial charge < -0.3 is 0 Å². The van der Waals surface area contributed by atoms with Gasteiger partial charge >= 0.3 is 5.69 Å². The molecular weight excluding hydrogens is 214 g/mol. The van der Waals surface area contributed by atoms with Crippen LogP contribution in [0.5, 0.6) is 0 Å². The van der Waals surface area contributed by atoms with Crippen LogP contribution in [0.1, 0.15) is 6.92 Å². The molecule has 1 aromatic rings. The van der Waals surface area contributed by atoms with E-state index in [1.165, 1.54) is 0 Å². The van der Waals surface area contributed by atoms with Gasteiger partial charge in [0.1, 0.15) is 6.20 Å². The molecule has 0 fully saturated rings. The Labute approximate surface area is 70.6 Å². The van der Waals surface area contributed by atoms with Crippen molar-refractivity contribution in [2.45, 2.75) is 13.5 Å². The van der Waals surface area contributed by atoms with Gasteiger partial charge in [0.25, 0.3) is 5.56 Å². The summed E-state index contributed by atoms with van der Waals surface area (Å²) in [7, 11) is 0. The first-order valence-electron chi connectivity index (χ1n) is 3.02. The quantitative estimate of drug-likeness (QED) is 0.645. The van der Waals surface area contributed by atoms with E-state index < -0.39 is 5.69 Å². The maximum Gasteiger partial charge on any atom is 0.358 e. The second-order valence-electron chi connectivity index (χ2n) is 1.87. The summed E-state index contributed by atoms with van der Waals surface area (Å²) >= 11 is 2.85. The average molecular weight is 220 g/mol. The topological polar surface area (TPSA) is 56.9 Å². The Bertz CT molecular complexity index is 367. The first kappa shape index (κ1) is 8.19. The lowest BCUT2D eigenvalue weighted by Crippen LogP contribution is -2.37. The molecule has 1 rings (SSSR count). The fraction of sp³-hybridized carbons (Fsp3) is 0.400. The summed E-state index contributed by atoms with van der Waals surface area (Å²) < 4.78 is 2.01. The van der Waals surface area contributed by atoms with Crippen LogP contribution in [0.3, 0.4) is 0 Å². The summed E-state index contributed by atoms with van der Waals surface area (Å²) in [6, 6.07) is 0. The number of halogens is 1. The van der Waals surface area contributed by atoms with Crippen molar-refractivity contribution in [3.05, 3.63) is 27.0 Å². The lowest BCUT2D eigenvalue weighted by atomic mass is 10.7.